The minimum atomic E-state index is -0.284. The van der Waals surface area contributed by atoms with Crippen LogP contribution in [0.4, 0.5) is 4.39 Å². The first-order chi connectivity index (χ1) is 9.99. The highest BCUT2D eigenvalue weighted by Gasteiger charge is 2.25. The molecule has 0 radical (unpaired) electrons. The summed E-state index contributed by atoms with van der Waals surface area (Å²) in [5, 5.41) is 6.26. The summed E-state index contributed by atoms with van der Waals surface area (Å²) in [6.07, 6.45) is 0.906. The van der Waals surface area contributed by atoms with Crippen LogP contribution in [0.5, 0.6) is 0 Å². The summed E-state index contributed by atoms with van der Waals surface area (Å²) < 4.78 is 13.8. The molecule has 1 amide bonds. The van der Waals surface area contributed by atoms with E-state index in [-0.39, 0.29) is 23.8 Å². The van der Waals surface area contributed by atoms with Gasteiger partial charge >= 0.3 is 0 Å². The molecule has 21 heavy (non-hydrogen) atoms. The molecule has 0 spiro atoms. The minimum Gasteiger partial charge on any atom is -0.354 e. The molecule has 0 saturated carbocycles. The molecule has 0 aromatic heterocycles. The van der Waals surface area contributed by atoms with Crippen molar-refractivity contribution in [2.24, 2.45) is 5.92 Å². The molecule has 0 bridgehead atoms. The van der Waals surface area contributed by atoms with E-state index in [9.17, 15) is 9.18 Å². The first-order valence-electron chi connectivity index (χ1n) is 7.44. The number of hydrogen-bond acceptors (Lipinski definition) is 3. The Balaban J connectivity index is 2.01. The van der Waals surface area contributed by atoms with Crippen molar-refractivity contribution in [2.75, 3.05) is 12.3 Å². The van der Waals surface area contributed by atoms with Gasteiger partial charge in [0.2, 0.25) is 5.91 Å². The van der Waals surface area contributed by atoms with E-state index >= 15 is 0 Å². The Morgan fingerprint density at radius 2 is 2.19 bits per heavy atom. The molecule has 1 aromatic carbocycles. The summed E-state index contributed by atoms with van der Waals surface area (Å²) in [6.45, 7) is 6.67. The number of hydrogen-bond donors (Lipinski definition) is 2. The van der Waals surface area contributed by atoms with Gasteiger partial charge < -0.3 is 5.32 Å². The summed E-state index contributed by atoms with van der Waals surface area (Å²) in [6, 6.07) is 4.93. The second kappa shape index (κ2) is 7.27. The molecular weight excluding hydrogens is 287 g/mol. The van der Waals surface area contributed by atoms with Gasteiger partial charge in [0.1, 0.15) is 5.82 Å². The van der Waals surface area contributed by atoms with E-state index in [1.54, 1.807) is 17.8 Å². The van der Waals surface area contributed by atoms with E-state index in [4.69, 9.17) is 0 Å². The van der Waals surface area contributed by atoms with Crippen LogP contribution in [0.25, 0.3) is 0 Å². The highest BCUT2D eigenvalue weighted by molar-refractivity contribution is 7.99. The molecule has 0 fully saturated rings. The van der Waals surface area contributed by atoms with E-state index in [1.165, 1.54) is 6.07 Å². The lowest BCUT2D eigenvalue weighted by Gasteiger charge is -2.28. The third-order valence-electron chi connectivity index (χ3n) is 3.55. The average molecular weight is 310 g/mol. The number of rotatable bonds is 5. The second-order valence-corrected chi connectivity index (χ2v) is 6.98. The van der Waals surface area contributed by atoms with E-state index < -0.39 is 0 Å². The number of carbonyl (C=O) groups excluding carboxylic acids is 1. The Labute approximate surface area is 130 Å². The third kappa shape index (κ3) is 4.20. The largest absolute Gasteiger partial charge is 0.354 e. The molecule has 1 heterocycles. The Kier molecular flexibility index (Phi) is 5.65. The van der Waals surface area contributed by atoms with Gasteiger partial charge in [-0.15, -0.1) is 11.8 Å². The van der Waals surface area contributed by atoms with Crippen molar-refractivity contribution in [2.45, 2.75) is 44.2 Å². The van der Waals surface area contributed by atoms with Crippen LogP contribution in [-0.4, -0.2) is 24.2 Å². The normalized spacial score (nSPS) is 19.2. The highest BCUT2D eigenvalue weighted by atomic mass is 32.2. The standard InChI is InChI=1S/C16H23FN2OS/c1-10(2)9-18-16(20)11(3)19-14-7-8-21-15-12(14)5-4-6-13(15)17/h4-6,10-11,14,19H,7-9H2,1-3H3,(H,18,20). The SMILES string of the molecule is CC(C)CNC(=O)C(C)NC1CCSc2c(F)cccc21. The van der Waals surface area contributed by atoms with Gasteiger partial charge in [-0.1, -0.05) is 26.0 Å². The minimum absolute atomic E-state index is 0.000111. The number of amides is 1. The fourth-order valence-electron chi connectivity index (χ4n) is 2.39. The lowest BCUT2D eigenvalue weighted by atomic mass is 10.0. The van der Waals surface area contributed by atoms with Crippen LogP contribution in [0, 0.1) is 11.7 Å². The molecule has 2 atom stereocenters. The van der Waals surface area contributed by atoms with Crippen LogP contribution < -0.4 is 10.6 Å². The Morgan fingerprint density at radius 3 is 2.90 bits per heavy atom. The van der Waals surface area contributed by atoms with Gasteiger partial charge in [-0.25, -0.2) is 4.39 Å². The number of thioether (sulfide) groups is 1. The predicted octanol–water partition coefficient (Wildman–Crippen LogP) is 3.11. The highest BCUT2D eigenvalue weighted by Crippen LogP contribution is 2.37. The first kappa shape index (κ1) is 16.3. The molecule has 2 rings (SSSR count). The fraction of sp³-hybridized carbons (Fsp3) is 0.562. The van der Waals surface area contributed by atoms with Crippen molar-refractivity contribution in [1.29, 1.82) is 0 Å². The topological polar surface area (TPSA) is 41.1 Å². The lowest BCUT2D eigenvalue weighted by molar-refractivity contribution is -0.123. The van der Waals surface area contributed by atoms with Crippen molar-refractivity contribution >= 4 is 17.7 Å². The Hall–Kier alpha value is -1.07. The van der Waals surface area contributed by atoms with Crippen molar-refractivity contribution in [3.63, 3.8) is 0 Å². The number of halogens is 1. The monoisotopic (exact) mass is 310 g/mol. The van der Waals surface area contributed by atoms with Gasteiger partial charge in [-0.05, 0) is 36.6 Å². The smallest absolute Gasteiger partial charge is 0.236 e. The third-order valence-corrected chi connectivity index (χ3v) is 4.71. The van der Waals surface area contributed by atoms with Gasteiger partial charge in [0.05, 0.1) is 6.04 Å². The van der Waals surface area contributed by atoms with Gasteiger partial charge in [0.15, 0.2) is 0 Å². The summed E-state index contributed by atoms with van der Waals surface area (Å²) in [4.78, 5) is 12.8. The van der Waals surface area contributed by atoms with Crippen molar-refractivity contribution in [3.8, 4) is 0 Å². The molecule has 116 valence electrons. The van der Waals surface area contributed by atoms with Gasteiger partial charge in [0.25, 0.3) is 0 Å². The fourth-order valence-corrected chi connectivity index (χ4v) is 3.54. The molecule has 2 N–H and O–H groups in total. The van der Waals surface area contributed by atoms with Crippen molar-refractivity contribution in [1.82, 2.24) is 10.6 Å². The number of benzene rings is 1. The van der Waals surface area contributed by atoms with Crippen LogP contribution in [0.1, 0.15) is 38.8 Å². The maximum atomic E-state index is 13.8. The van der Waals surface area contributed by atoms with E-state index in [0.717, 1.165) is 22.6 Å². The van der Waals surface area contributed by atoms with Crippen LogP contribution in [0.15, 0.2) is 23.1 Å². The molecule has 1 aliphatic heterocycles. The van der Waals surface area contributed by atoms with Gasteiger partial charge in [-0.2, -0.15) is 0 Å². The summed E-state index contributed by atoms with van der Waals surface area (Å²) in [5.41, 5.74) is 0.967. The van der Waals surface area contributed by atoms with Crippen LogP contribution in [0.2, 0.25) is 0 Å². The molecule has 5 heteroatoms. The molecule has 3 nitrogen and oxygen atoms in total. The quantitative estimate of drug-likeness (QED) is 0.878. The van der Waals surface area contributed by atoms with E-state index in [0.29, 0.717) is 12.5 Å². The maximum Gasteiger partial charge on any atom is 0.236 e. The summed E-state index contributed by atoms with van der Waals surface area (Å²) >= 11 is 1.55. The molecule has 1 aromatic rings. The van der Waals surface area contributed by atoms with Gasteiger partial charge in [-0.3, -0.25) is 10.1 Å². The van der Waals surface area contributed by atoms with Crippen molar-refractivity contribution in [3.05, 3.63) is 29.6 Å². The average Bonchev–Trinajstić information content (AvgIpc) is 2.45. The zero-order chi connectivity index (χ0) is 15.4. The van der Waals surface area contributed by atoms with Crippen molar-refractivity contribution < 1.29 is 9.18 Å². The second-order valence-electron chi connectivity index (χ2n) is 5.88. The van der Waals surface area contributed by atoms with Crippen LogP contribution >= 0.6 is 11.8 Å². The lowest BCUT2D eigenvalue weighted by Crippen LogP contribution is -2.45. The van der Waals surface area contributed by atoms with E-state index in [1.807, 2.05) is 13.0 Å². The number of carbonyl (C=O) groups is 1. The number of fused-ring (bicyclic) bond motifs is 1. The zero-order valence-corrected chi connectivity index (χ0v) is 13.6. The van der Waals surface area contributed by atoms with Crippen LogP contribution in [0.3, 0.4) is 0 Å². The molecule has 0 saturated heterocycles. The Bertz CT molecular complexity index is 507. The molecular formula is C16H23FN2OS. The van der Waals surface area contributed by atoms with Gasteiger partial charge in [0, 0.05) is 17.5 Å². The van der Waals surface area contributed by atoms with E-state index in [2.05, 4.69) is 24.5 Å². The molecule has 1 aliphatic rings. The Morgan fingerprint density at radius 1 is 1.43 bits per heavy atom. The zero-order valence-electron chi connectivity index (χ0n) is 12.8. The molecule has 0 aliphatic carbocycles. The number of nitrogens with one attached hydrogen (secondary N) is 2. The summed E-state index contributed by atoms with van der Waals surface area (Å²) in [7, 11) is 0. The molecule has 2 unspecified atom stereocenters. The maximum absolute atomic E-state index is 13.8. The first-order valence-corrected chi connectivity index (χ1v) is 8.42. The summed E-state index contributed by atoms with van der Waals surface area (Å²) in [5.74, 6) is 1.13. The van der Waals surface area contributed by atoms with Crippen LogP contribution in [-0.2, 0) is 4.79 Å². The predicted molar refractivity (Wildman–Crippen MR) is 84.9 cm³/mol.